The molecule has 2 aromatic carbocycles. The van der Waals surface area contributed by atoms with Crippen LogP contribution in [0, 0.1) is 5.82 Å². The molecule has 0 saturated heterocycles. The molecule has 4 rings (SSSR count). The van der Waals surface area contributed by atoms with Crippen LogP contribution in [0.5, 0.6) is 11.5 Å². The maximum absolute atomic E-state index is 14.2. The molecule has 1 aliphatic rings. The molecule has 0 spiro atoms. The SMILES string of the molecule is COc1cc(/C=C2/C(C)=C(CC(=O)NCc3ccco3)c3cc(F)ccc32)cc(OC)c1CO. The van der Waals surface area contributed by atoms with E-state index in [9.17, 15) is 14.3 Å². The molecular weight excluding hydrogens is 437 g/mol. The van der Waals surface area contributed by atoms with E-state index in [2.05, 4.69) is 5.32 Å². The topological polar surface area (TPSA) is 80.9 Å². The minimum absolute atomic E-state index is 0.108. The van der Waals surface area contributed by atoms with Gasteiger partial charge >= 0.3 is 0 Å². The van der Waals surface area contributed by atoms with Crippen LogP contribution < -0.4 is 14.8 Å². The number of hydrogen-bond donors (Lipinski definition) is 2. The number of aliphatic hydroxyl groups excluding tert-OH is 1. The summed E-state index contributed by atoms with van der Waals surface area (Å²) in [4.78, 5) is 12.7. The van der Waals surface area contributed by atoms with Gasteiger partial charge in [0.25, 0.3) is 0 Å². The van der Waals surface area contributed by atoms with E-state index in [4.69, 9.17) is 13.9 Å². The number of aliphatic hydroxyl groups is 1. The van der Waals surface area contributed by atoms with Gasteiger partial charge in [-0.3, -0.25) is 4.79 Å². The Kier molecular flexibility index (Phi) is 6.84. The van der Waals surface area contributed by atoms with Crippen LogP contribution in [0.4, 0.5) is 4.39 Å². The van der Waals surface area contributed by atoms with Crippen LogP contribution in [0.1, 0.15) is 41.4 Å². The van der Waals surface area contributed by atoms with Gasteiger partial charge in [0.1, 0.15) is 23.1 Å². The van der Waals surface area contributed by atoms with Gasteiger partial charge in [-0.1, -0.05) is 6.07 Å². The molecule has 6 nitrogen and oxygen atoms in total. The van der Waals surface area contributed by atoms with Crippen molar-refractivity contribution in [1.82, 2.24) is 5.32 Å². The number of rotatable bonds is 8. The molecule has 7 heteroatoms. The molecule has 0 bridgehead atoms. The van der Waals surface area contributed by atoms with Crippen LogP contribution in [0.3, 0.4) is 0 Å². The standard InChI is InChI=1S/C27H26FNO5/c1-16-21(9-17-10-25(32-2)24(15-30)26(11-17)33-3)20-7-6-18(28)12-23(20)22(16)13-27(31)29-14-19-5-4-8-34-19/h4-12,30H,13-15H2,1-3H3,(H,29,31)/b21-9-. The number of carbonyl (C=O) groups is 1. The summed E-state index contributed by atoms with van der Waals surface area (Å²) >= 11 is 0. The summed E-state index contributed by atoms with van der Waals surface area (Å²) in [7, 11) is 3.06. The molecular formula is C27H26FNO5. The van der Waals surface area contributed by atoms with Crippen molar-refractivity contribution in [1.29, 1.82) is 0 Å². The van der Waals surface area contributed by atoms with E-state index in [0.717, 1.165) is 27.8 Å². The molecule has 1 heterocycles. The molecule has 0 fully saturated rings. The first-order valence-corrected chi connectivity index (χ1v) is 10.8. The number of methoxy groups -OCH3 is 2. The Bertz CT molecular complexity index is 1250. The van der Waals surface area contributed by atoms with Crippen molar-refractivity contribution in [3.05, 3.63) is 88.1 Å². The van der Waals surface area contributed by atoms with Crippen LogP contribution in [0.15, 0.2) is 58.7 Å². The molecule has 1 aromatic heterocycles. The Labute approximate surface area is 197 Å². The Balaban J connectivity index is 1.71. The van der Waals surface area contributed by atoms with Crippen molar-refractivity contribution in [3.8, 4) is 11.5 Å². The molecule has 3 aromatic rings. The van der Waals surface area contributed by atoms with Crippen LogP contribution in [0.25, 0.3) is 17.2 Å². The molecule has 0 saturated carbocycles. The summed E-state index contributed by atoms with van der Waals surface area (Å²) in [6, 6.07) is 11.8. The molecule has 2 N–H and O–H groups in total. The summed E-state index contributed by atoms with van der Waals surface area (Å²) < 4.78 is 30.3. The smallest absolute Gasteiger partial charge is 0.224 e. The highest BCUT2D eigenvalue weighted by Crippen LogP contribution is 2.44. The number of furan rings is 1. The fourth-order valence-corrected chi connectivity index (χ4v) is 4.21. The molecule has 0 unspecified atom stereocenters. The monoisotopic (exact) mass is 463 g/mol. The molecule has 176 valence electrons. The number of halogens is 1. The lowest BCUT2D eigenvalue weighted by Crippen LogP contribution is -2.22. The molecule has 0 atom stereocenters. The van der Waals surface area contributed by atoms with Gasteiger partial charge in [0.05, 0.1) is 45.6 Å². The normalized spacial score (nSPS) is 13.9. The Hall–Kier alpha value is -3.84. The van der Waals surface area contributed by atoms with Gasteiger partial charge < -0.3 is 24.3 Å². The van der Waals surface area contributed by atoms with Crippen molar-refractivity contribution < 1.29 is 28.2 Å². The van der Waals surface area contributed by atoms with E-state index in [-0.39, 0.29) is 31.3 Å². The van der Waals surface area contributed by atoms with Gasteiger partial charge in [-0.2, -0.15) is 0 Å². The predicted octanol–water partition coefficient (Wildman–Crippen LogP) is 4.96. The third kappa shape index (κ3) is 4.61. The van der Waals surface area contributed by atoms with Gasteiger partial charge in [-0.05, 0) is 82.8 Å². The average molecular weight is 464 g/mol. The lowest BCUT2D eigenvalue weighted by molar-refractivity contribution is -0.120. The Morgan fingerprint density at radius 1 is 1.12 bits per heavy atom. The van der Waals surface area contributed by atoms with E-state index in [1.807, 2.05) is 25.1 Å². The summed E-state index contributed by atoms with van der Waals surface area (Å²) in [6.07, 6.45) is 3.61. The quantitative estimate of drug-likeness (QED) is 0.493. The second-order valence-corrected chi connectivity index (χ2v) is 7.95. The zero-order chi connectivity index (χ0) is 24.2. The fourth-order valence-electron chi connectivity index (χ4n) is 4.21. The second kappa shape index (κ2) is 9.97. The lowest BCUT2D eigenvalue weighted by Gasteiger charge is -2.13. The van der Waals surface area contributed by atoms with Gasteiger partial charge in [-0.25, -0.2) is 4.39 Å². The lowest BCUT2D eigenvalue weighted by atomic mass is 9.99. The number of ether oxygens (including phenoxy) is 2. The Morgan fingerprint density at radius 3 is 2.47 bits per heavy atom. The van der Waals surface area contributed by atoms with Crippen LogP contribution >= 0.6 is 0 Å². The summed E-state index contributed by atoms with van der Waals surface area (Å²) in [5, 5.41) is 12.5. The highest BCUT2D eigenvalue weighted by molar-refractivity contribution is 6.08. The number of amides is 1. The minimum Gasteiger partial charge on any atom is -0.496 e. The van der Waals surface area contributed by atoms with E-state index < -0.39 is 0 Å². The average Bonchev–Trinajstić information content (AvgIpc) is 3.45. The summed E-state index contributed by atoms with van der Waals surface area (Å²) in [5.41, 5.74) is 5.42. The Morgan fingerprint density at radius 2 is 1.85 bits per heavy atom. The summed E-state index contributed by atoms with van der Waals surface area (Å²) in [5.74, 6) is 1.12. The third-order valence-electron chi connectivity index (χ3n) is 5.93. The van der Waals surface area contributed by atoms with Gasteiger partial charge in [-0.15, -0.1) is 0 Å². The maximum Gasteiger partial charge on any atom is 0.224 e. The number of fused-ring (bicyclic) bond motifs is 1. The zero-order valence-corrected chi connectivity index (χ0v) is 19.3. The minimum atomic E-state index is -0.364. The first kappa shape index (κ1) is 23.3. The zero-order valence-electron chi connectivity index (χ0n) is 19.3. The fraction of sp³-hybridized carbons (Fsp3) is 0.222. The van der Waals surface area contributed by atoms with Crippen LogP contribution in [-0.4, -0.2) is 25.2 Å². The van der Waals surface area contributed by atoms with E-state index >= 15 is 0 Å². The van der Waals surface area contributed by atoms with E-state index in [0.29, 0.717) is 28.4 Å². The van der Waals surface area contributed by atoms with E-state index in [1.165, 1.54) is 26.4 Å². The van der Waals surface area contributed by atoms with Crippen LogP contribution in [-0.2, 0) is 17.9 Å². The molecule has 1 amide bonds. The third-order valence-corrected chi connectivity index (χ3v) is 5.93. The van der Waals surface area contributed by atoms with Crippen LogP contribution in [0.2, 0.25) is 0 Å². The van der Waals surface area contributed by atoms with Crippen molar-refractivity contribution in [2.24, 2.45) is 0 Å². The van der Waals surface area contributed by atoms with Gasteiger partial charge in [0.2, 0.25) is 5.91 Å². The van der Waals surface area contributed by atoms with Crippen molar-refractivity contribution in [2.45, 2.75) is 26.5 Å². The first-order valence-electron chi connectivity index (χ1n) is 10.8. The highest BCUT2D eigenvalue weighted by atomic mass is 19.1. The molecule has 34 heavy (non-hydrogen) atoms. The molecule has 0 radical (unpaired) electrons. The van der Waals surface area contributed by atoms with Crippen molar-refractivity contribution in [2.75, 3.05) is 14.2 Å². The number of carbonyl (C=O) groups excluding carboxylic acids is 1. The largest absolute Gasteiger partial charge is 0.496 e. The van der Waals surface area contributed by atoms with Crippen molar-refractivity contribution >= 4 is 23.1 Å². The first-order chi connectivity index (χ1) is 16.4. The maximum atomic E-state index is 14.2. The van der Waals surface area contributed by atoms with Gasteiger partial charge in [0, 0.05) is 0 Å². The predicted molar refractivity (Wildman–Crippen MR) is 128 cm³/mol. The number of benzene rings is 2. The second-order valence-electron chi connectivity index (χ2n) is 7.95. The number of hydrogen-bond acceptors (Lipinski definition) is 5. The number of nitrogens with one attached hydrogen (secondary N) is 1. The van der Waals surface area contributed by atoms with E-state index in [1.54, 1.807) is 24.5 Å². The summed E-state index contributed by atoms with van der Waals surface area (Å²) in [6.45, 7) is 1.99. The van der Waals surface area contributed by atoms with Crippen molar-refractivity contribution in [3.63, 3.8) is 0 Å². The molecule has 1 aliphatic carbocycles. The highest BCUT2D eigenvalue weighted by Gasteiger charge is 2.26. The molecule has 0 aliphatic heterocycles. The number of allylic oxidation sites excluding steroid dienone is 2. The van der Waals surface area contributed by atoms with Gasteiger partial charge in [0.15, 0.2) is 0 Å².